The maximum absolute atomic E-state index is 12.3. The molecule has 0 saturated carbocycles. The van der Waals surface area contributed by atoms with E-state index in [1.54, 1.807) is 11.3 Å². The van der Waals surface area contributed by atoms with E-state index in [1.807, 2.05) is 88.4 Å². The van der Waals surface area contributed by atoms with Gasteiger partial charge in [0.2, 0.25) is 0 Å². The van der Waals surface area contributed by atoms with E-state index in [-0.39, 0.29) is 13.2 Å². The number of carbonyl (C=O) groups excluding carboxylic acids is 1. The van der Waals surface area contributed by atoms with E-state index in [0.717, 1.165) is 26.3 Å². The quantitative estimate of drug-likeness (QED) is 0.521. The summed E-state index contributed by atoms with van der Waals surface area (Å²) in [4.78, 5) is 17.0. The number of thiazole rings is 1. The van der Waals surface area contributed by atoms with Gasteiger partial charge in [0.05, 0.1) is 21.4 Å². The van der Waals surface area contributed by atoms with Crippen LogP contribution in [-0.2, 0) is 20.7 Å². The lowest BCUT2D eigenvalue weighted by Crippen LogP contribution is -2.41. The number of aromatic nitrogens is 1. The Labute approximate surface area is 192 Å². The number of rotatable bonds is 6. The minimum Gasteiger partial charge on any atom is -0.445 e. The molecule has 1 saturated heterocycles. The van der Waals surface area contributed by atoms with Crippen LogP contribution in [0.3, 0.4) is 0 Å². The highest BCUT2D eigenvalue weighted by Crippen LogP contribution is 2.39. The summed E-state index contributed by atoms with van der Waals surface area (Å²) in [5.41, 5.74) is 1.67. The lowest BCUT2D eigenvalue weighted by atomic mass is 9.77. The molecule has 1 aromatic heterocycles. The number of alkyl carbamates (subject to hydrolysis) is 1. The Bertz CT molecular complexity index is 1080. The molecule has 166 valence electrons. The molecule has 1 aliphatic rings. The minimum atomic E-state index is -0.596. The minimum absolute atomic E-state index is 0.208. The summed E-state index contributed by atoms with van der Waals surface area (Å²) in [5, 5.41) is 3.66. The lowest BCUT2D eigenvalue weighted by molar-refractivity contribution is 0.00578. The fourth-order valence-corrected chi connectivity index (χ4v) is 4.20. The van der Waals surface area contributed by atoms with Gasteiger partial charge < -0.3 is 19.4 Å². The van der Waals surface area contributed by atoms with E-state index in [0.29, 0.717) is 0 Å². The molecule has 32 heavy (non-hydrogen) atoms. The Hall–Kier alpha value is -2.68. The molecule has 1 fully saturated rings. The maximum atomic E-state index is 12.3. The topological polar surface area (TPSA) is 69.7 Å². The number of carbonyl (C=O) groups is 1. The number of ether oxygens (including phenoxy) is 1. The molecule has 8 heteroatoms. The average Bonchev–Trinajstić information content (AvgIpc) is 3.26. The van der Waals surface area contributed by atoms with Crippen LogP contribution in [0.4, 0.5) is 4.79 Å². The number of nitrogens with one attached hydrogen (secondary N) is 1. The molecular formula is C24H27BN2O4S. The van der Waals surface area contributed by atoms with E-state index in [9.17, 15) is 4.79 Å². The zero-order valence-electron chi connectivity index (χ0n) is 18.8. The average molecular weight is 450 g/mol. The van der Waals surface area contributed by atoms with Gasteiger partial charge in [-0.05, 0) is 56.9 Å². The molecule has 0 unspecified atom stereocenters. The first-order valence-corrected chi connectivity index (χ1v) is 11.4. The van der Waals surface area contributed by atoms with Crippen molar-refractivity contribution in [1.82, 2.24) is 10.3 Å². The summed E-state index contributed by atoms with van der Waals surface area (Å²) < 4.78 is 18.9. The van der Waals surface area contributed by atoms with Crippen LogP contribution in [0.5, 0.6) is 0 Å². The number of nitrogens with zero attached hydrogens (tertiary/aromatic N) is 1. The molecule has 0 atom stereocenters. The Kier molecular flexibility index (Phi) is 6.37. The van der Waals surface area contributed by atoms with Crippen LogP contribution in [-0.4, -0.2) is 35.9 Å². The molecule has 0 spiro atoms. The smallest absolute Gasteiger partial charge is 0.445 e. The molecule has 0 bridgehead atoms. The molecule has 0 radical (unpaired) electrons. The van der Waals surface area contributed by atoms with Crippen LogP contribution in [0.1, 0.15) is 38.3 Å². The van der Waals surface area contributed by atoms with Crippen molar-refractivity contribution >= 4 is 40.8 Å². The van der Waals surface area contributed by atoms with Crippen molar-refractivity contribution < 1.29 is 18.8 Å². The lowest BCUT2D eigenvalue weighted by Gasteiger charge is -2.32. The number of amides is 1. The predicted molar refractivity (Wildman–Crippen MR) is 128 cm³/mol. The Morgan fingerprint density at radius 3 is 2.41 bits per heavy atom. The van der Waals surface area contributed by atoms with Crippen molar-refractivity contribution in [1.29, 1.82) is 0 Å². The normalized spacial score (nSPS) is 17.5. The number of hydrogen-bond acceptors (Lipinski definition) is 6. The first-order valence-electron chi connectivity index (χ1n) is 10.6. The summed E-state index contributed by atoms with van der Waals surface area (Å²) >= 11 is 1.58. The second kappa shape index (κ2) is 9.06. The fraction of sp³-hybridized carbons (Fsp3) is 0.333. The van der Waals surface area contributed by atoms with Gasteiger partial charge in [-0.3, -0.25) is 0 Å². The zero-order chi connectivity index (χ0) is 22.8. The Balaban J connectivity index is 1.50. The Morgan fingerprint density at radius 2 is 1.72 bits per heavy atom. The van der Waals surface area contributed by atoms with Crippen molar-refractivity contribution in [3.8, 4) is 0 Å². The molecule has 0 aliphatic carbocycles. The van der Waals surface area contributed by atoms with Crippen LogP contribution in [0.2, 0.25) is 0 Å². The molecule has 1 N–H and O–H groups in total. The second-order valence-corrected chi connectivity index (χ2v) is 9.80. The second-order valence-electron chi connectivity index (χ2n) is 8.74. The number of benzene rings is 2. The van der Waals surface area contributed by atoms with Gasteiger partial charge in [0.25, 0.3) is 0 Å². The van der Waals surface area contributed by atoms with Crippen molar-refractivity contribution in [2.45, 2.75) is 45.5 Å². The van der Waals surface area contributed by atoms with E-state index in [2.05, 4.69) is 10.3 Å². The largest absolute Gasteiger partial charge is 0.492 e. The van der Waals surface area contributed by atoms with Gasteiger partial charge >= 0.3 is 13.2 Å². The molecule has 2 heterocycles. The summed E-state index contributed by atoms with van der Waals surface area (Å²) in [7, 11) is -0.596. The third-order valence-corrected chi connectivity index (χ3v) is 6.81. The standard InChI is InChI=1S/C24H27BN2O4S/c1-23(2)24(3,4)31-25(30-23)18(14-21-27-19-12-8-9-13-20(19)32-21)15-26-22(28)29-16-17-10-6-5-7-11-17/h5-14H,15-16H2,1-4H3,(H,26,28). The van der Waals surface area contributed by atoms with E-state index >= 15 is 0 Å². The summed E-state index contributed by atoms with van der Waals surface area (Å²) in [5.74, 6) is 0. The highest BCUT2D eigenvalue weighted by atomic mass is 32.1. The molecule has 6 nitrogen and oxygen atoms in total. The molecule has 1 aliphatic heterocycles. The number of para-hydroxylation sites is 1. The van der Waals surface area contributed by atoms with Crippen molar-refractivity contribution in [2.24, 2.45) is 0 Å². The Morgan fingerprint density at radius 1 is 1.06 bits per heavy atom. The summed E-state index contributed by atoms with van der Waals surface area (Å²) in [6.07, 6.45) is 1.44. The predicted octanol–water partition coefficient (Wildman–Crippen LogP) is 5.24. The summed E-state index contributed by atoms with van der Waals surface area (Å²) in [6, 6.07) is 17.6. The van der Waals surface area contributed by atoms with Gasteiger partial charge in [-0.25, -0.2) is 9.78 Å². The van der Waals surface area contributed by atoms with Crippen molar-refractivity contribution in [2.75, 3.05) is 6.54 Å². The van der Waals surface area contributed by atoms with Gasteiger partial charge in [0.1, 0.15) is 11.6 Å². The van der Waals surface area contributed by atoms with Crippen LogP contribution in [0, 0.1) is 0 Å². The first-order chi connectivity index (χ1) is 15.2. The highest BCUT2D eigenvalue weighted by molar-refractivity contribution is 7.19. The van der Waals surface area contributed by atoms with E-state index < -0.39 is 24.4 Å². The van der Waals surface area contributed by atoms with Crippen molar-refractivity contribution in [3.63, 3.8) is 0 Å². The summed E-state index contributed by atoms with van der Waals surface area (Å²) in [6.45, 7) is 8.45. The number of hydrogen-bond donors (Lipinski definition) is 1. The molecule has 4 rings (SSSR count). The maximum Gasteiger partial charge on any atom is 0.492 e. The molecule has 1 amide bonds. The van der Waals surface area contributed by atoms with Gasteiger partial charge in [-0.1, -0.05) is 42.5 Å². The van der Waals surface area contributed by atoms with Crippen LogP contribution < -0.4 is 5.32 Å². The van der Waals surface area contributed by atoms with Gasteiger partial charge in [-0.15, -0.1) is 11.3 Å². The van der Waals surface area contributed by atoms with Crippen LogP contribution in [0.25, 0.3) is 16.3 Å². The highest BCUT2D eigenvalue weighted by Gasteiger charge is 2.52. The third-order valence-electron chi connectivity index (χ3n) is 5.82. The SMILES string of the molecule is CC1(C)OB(C(=Cc2nc3ccccc3s2)CNC(=O)OCc2ccccc2)OC1(C)C. The van der Waals surface area contributed by atoms with Gasteiger partial charge in [0.15, 0.2) is 0 Å². The van der Waals surface area contributed by atoms with Gasteiger partial charge in [0, 0.05) is 6.54 Å². The van der Waals surface area contributed by atoms with E-state index in [1.165, 1.54) is 0 Å². The van der Waals surface area contributed by atoms with Crippen LogP contribution >= 0.6 is 11.3 Å². The monoisotopic (exact) mass is 450 g/mol. The van der Waals surface area contributed by atoms with E-state index in [4.69, 9.17) is 14.0 Å². The molecule has 2 aromatic carbocycles. The fourth-order valence-electron chi connectivity index (χ4n) is 3.26. The molecule has 3 aromatic rings. The first kappa shape index (κ1) is 22.5. The zero-order valence-corrected chi connectivity index (χ0v) is 19.6. The third kappa shape index (κ3) is 5.04. The molecular weight excluding hydrogens is 423 g/mol. The van der Waals surface area contributed by atoms with Crippen molar-refractivity contribution in [3.05, 3.63) is 70.6 Å². The number of fused-ring (bicyclic) bond motifs is 1. The van der Waals surface area contributed by atoms with Gasteiger partial charge in [-0.2, -0.15) is 0 Å². The van der Waals surface area contributed by atoms with Crippen LogP contribution in [0.15, 0.2) is 60.1 Å².